The maximum Gasteiger partial charge on any atom is 0.243 e. The number of azide groups is 1. The molecular weight excluding hydrogens is 302 g/mol. The molecule has 0 spiro atoms. The molecule has 2 rings (SSSR count). The minimum absolute atomic E-state index is 0.232. The maximum atomic E-state index is 12.6. The van der Waals surface area contributed by atoms with Crippen molar-refractivity contribution < 1.29 is 8.42 Å². The Morgan fingerprint density at radius 3 is 2.27 bits per heavy atom. The van der Waals surface area contributed by atoms with E-state index in [2.05, 4.69) is 28.8 Å². The van der Waals surface area contributed by atoms with Gasteiger partial charge in [-0.25, -0.2) is 8.42 Å². The first-order valence-corrected chi connectivity index (χ1v) is 8.54. The van der Waals surface area contributed by atoms with Gasteiger partial charge in [0.25, 0.3) is 0 Å². The van der Waals surface area contributed by atoms with Crippen LogP contribution in [0.5, 0.6) is 0 Å². The Labute approximate surface area is 131 Å². The van der Waals surface area contributed by atoms with E-state index in [-0.39, 0.29) is 4.90 Å². The fourth-order valence-electron chi connectivity index (χ4n) is 2.46. The van der Waals surface area contributed by atoms with Gasteiger partial charge < -0.3 is 4.90 Å². The van der Waals surface area contributed by atoms with Crippen LogP contribution in [0.15, 0.2) is 34.3 Å². The average molecular weight is 322 g/mol. The van der Waals surface area contributed by atoms with E-state index < -0.39 is 10.0 Å². The van der Waals surface area contributed by atoms with Crippen LogP contribution in [0.25, 0.3) is 10.4 Å². The Bertz CT molecular complexity index is 642. The number of hydrogen-bond donors (Lipinski definition) is 0. The molecular formula is C14H20N5O2S. The predicted molar refractivity (Wildman–Crippen MR) is 85.0 cm³/mol. The van der Waals surface area contributed by atoms with Crippen LogP contribution in [-0.2, 0) is 10.0 Å². The molecule has 7 nitrogen and oxygen atoms in total. The van der Waals surface area contributed by atoms with Crippen molar-refractivity contribution in [3.05, 3.63) is 40.6 Å². The van der Waals surface area contributed by atoms with Crippen LogP contribution < -0.4 is 0 Å². The summed E-state index contributed by atoms with van der Waals surface area (Å²) in [5, 5.41) is 3.44. The lowest BCUT2D eigenvalue weighted by atomic mass is 10.2. The van der Waals surface area contributed by atoms with Gasteiger partial charge in [-0.2, -0.15) is 4.31 Å². The summed E-state index contributed by atoms with van der Waals surface area (Å²) in [5.41, 5.74) is 8.77. The van der Waals surface area contributed by atoms with Gasteiger partial charge in [-0.1, -0.05) is 31.1 Å². The molecule has 0 amide bonds. The Morgan fingerprint density at radius 1 is 1.18 bits per heavy atom. The molecule has 1 aliphatic heterocycles. The van der Waals surface area contributed by atoms with Gasteiger partial charge in [0.2, 0.25) is 10.0 Å². The topological polar surface area (TPSA) is 89.4 Å². The summed E-state index contributed by atoms with van der Waals surface area (Å²) in [6.45, 7) is 7.53. The van der Waals surface area contributed by atoms with Gasteiger partial charge in [0.15, 0.2) is 0 Å². The first kappa shape index (κ1) is 16.8. The molecule has 8 heteroatoms. The number of benzene rings is 1. The van der Waals surface area contributed by atoms with Gasteiger partial charge in [-0.15, -0.1) is 0 Å². The molecule has 1 fully saturated rings. The van der Waals surface area contributed by atoms with Gasteiger partial charge in [-0.3, -0.25) is 0 Å². The minimum Gasteiger partial charge on any atom is -0.300 e. The monoisotopic (exact) mass is 322 g/mol. The van der Waals surface area contributed by atoms with Crippen LogP contribution in [0.3, 0.4) is 0 Å². The third-order valence-corrected chi connectivity index (χ3v) is 5.42. The molecule has 1 radical (unpaired) electrons. The Kier molecular flexibility index (Phi) is 5.42. The van der Waals surface area contributed by atoms with Crippen LogP contribution in [0.4, 0.5) is 5.69 Å². The lowest BCUT2D eigenvalue weighted by molar-refractivity contribution is 0.194. The number of sulfonamides is 1. The second-order valence-electron chi connectivity index (χ2n) is 5.57. The third kappa shape index (κ3) is 3.98. The summed E-state index contributed by atoms with van der Waals surface area (Å²) < 4.78 is 26.7. The van der Waals surface area contributed by atoms with Crippen molar-refractivity contribution in [3.8, 4) is 0 Å². The highest BCUT2D eigenvalue weighted by Gasteiger charge is 2.28. The first-order chi connectivity index (χ1) is 10.4. The highest BCUT2D eigenvalue weighted by Crippen LogP contribution is 2.21. The number of rotatable bonds is 5. The fourth-order valence-corrected chi connectivity index (χ4v) is 3.88. The molecule has 0 bridgehead atoms. The van der Waals surface area contributed by atoms with Crippen LogP contribution >= 0.6 is 0 Å². The van der Waals surface area contributed by atoms with E-state index in [0.29, 0.717) is 18.8 Å². The van der Waals surface area contributed by atoms with Gasteiger partial charge >= 0.3 is 0 Å². The summed E-state index contributed by atoms with van der Waals surface area (Å²) in [4.78, 5) is 5.17. The summed E-state index contributed by atoms with van der Waals surface area (Å²) in [7, 11) is -3.48. The van der Waals surface area contributed by atoms with Gasteiger partial charge in [0.1, 0.15) is 0 Å². The van der Waals surface area contributed by atoms with Crippen molar-refractivity contribution in [2.45, 2.75) is 18.7 Å². The van der Waals surface area contributed by atoms with Gasteiger partial charge in [0.05, 0.1) is 4.90 Å². The zero-order valence-electron chi connectivity index (χ0n) is 12.8. The van der Waals surface area contributed by atoms with Crippen LogP contribution in [-0.4, -0.2) is 50.3 Å². The normalized spacial score (nSPS) is 17.4. The second-order valence-corrected chi connectivity index (χ2v) is 7.51. The molecule has 22 heavy (non-hydrogen) atoms. The smallest absolute Gasteiger partial charge is 0.243 e. The summed E-state index contributed by atoms with van der Waals surface area (Å²) >= 11 is 0. The largest absolute Gasteiger partial charge is 0.300 e. The molecule has 1 aliphatic rings. The number of piperazine rings is 1. The quantitative estimate of drug-likeness (QED) is 0.474. The Morgan fingerprint density at radius 2 is 1.77 bits per heavy atom. The van der Waals surface area contributed by atoms with E-state index in [1.165, 1.54) is 34.5 Å². The summed E-state index contributed by atoms with van der Waals surface area (Å²) in [6.07, 6.45) is 0. The summed E-state index contributed by atoms with van der Waals surface area (Å²) in [6, 6.07) is 5.99. The van der Waals surface area contributed by atoms with Gasteiger partial charge in [-0.05, 0) is 23.6 Å². The SMILES string of the molecule is C[C](C)CN1CCN(S(=O)(=O)c2ccc(N=[N+]=[N-])cc2)CC1. The van der Waals surface area contributed by atoms with Crippen molar-refractivity contribution in [2.75, 3.05) is 32.7 Å². The molecule has 0 aromatic heterocycles. The van der Waals surface area contributed by atoms with Crippen molar-refractivity contribution in [2.24, 2.45) is 5.11 Å². The third-order valence-electron chi connectivity index (χ3n) is 3.51. The van der Waals surface area contributed by atoms with Crippen LogP contribution in [0.1, 0.15) is 13.8 Å². The minimum atomic E-state index is -3.48. The second kappa shape index (κ2) is 7.11. The zero-order valence-corrected chi connectivity index (χ0v) is 13.6. The average Bonchev–Trinajstić information content (AvgIpc) is 2.48. The van der Waals surface area contributed by atoms with Gasteiger partial charge in [0, 0.05) is 43.3 Å². The Balaban J connectivity index is 2.06. The van der Waals surface area contributed by atoms with E-state index in [4.69, 9.17) is 5.53 Å². The van der Waals surface area contributed by atoms with E-state index in [0.717, 1.165) is 19.6 Å². The van der Waals surface area contributed by atoms with Crippen molar-refractivity contribution >= 4 is 15.7 Å². The number of nitrogens with zero attached hydrogens (tertiary/aromatic N) is 5. The standard InChI is InChI=1S/C14H20N5O2S/c1-12(2)11-18-7-9-19(10-8-18)22(20,21)14-5-3-13(4-6-14)16-17-15/h3-6H,7-11H2,1-2H3. The molecule has 119 valence electrons. The fraction of sp³-hybridized carbons (Fsp3) is 0.500. The molecule has 0 saturated carbocycles. The van der Waals surface area contributed by atoms with E-state index in [9.17, 15) is 8.42 Å². The highest BCUT2D eigenvalue weighted by atomic mass is 32.2. The molecule has 0 N–H and O–H groups in total. The Hall–Kier alpha value is -1.60. The molecule has 0 unspecified atom stereocenters. The van der Waals surface area contributed by atoms with Crippen LogP contribution in [0, 0.1) is 5.92 Å². The molecule has 1 saturated heterocycles. The van der Waals surface area contributed by atoms with Crippen molar-refractivity contribution in [1.29, 1.82) is 0 Å². The van der Waals surface area contributed by atoms with Crippen LogP contribution in [0.2, 0.25) is 0 Å². The molecule has 1 aromatic carbocycles. The molecule has 1 heterocycles. The predicted octanol–water partition coefficient (Wildman–Crippen LogP) is 2.55. The zero-order chi connectivity index (χ0) is 16.2. The van der Waals surface area contributed by atoms with Crippen molar-refractivity contribution in [1.82, 2.24) is 9.21 Å². The lowest BCUT2D eigenvalue weighted by Gasteiger charge is -2.34. The lowest BCUT2D eigenvalue weighted by Crippen LogP contribution is -2.49. The molecule has 1 aromatic rings. The maximum absolute atomic E-state index is 12.6. The highest BCUT2D eigenvalue weighted by molar-refractivity contribution is 7.89. The van der Waals surface area contributed by atoms with Crippen molar-refractivity contribution in [3.63, 3.8) is 0 Å². The van der Waals surface area contributed by atoms with E-state index in [1.54, 1.807) is 0 Å². The van der Waals surface area contributed by atoms with E-state index in [1.807, 2.05) is 0 Å². The van der Waals surface area contributed by atoms with E-state index >= 15 is 0 Å². The molecule has 0 atom stereocenters. The first-order valence-electron chi connectivity index (χ1n) is 7.10. The summed E-state index contributed by atoms with van der Waals surface area (Å²) in [5.74, 6) is 1.32. The number of hydrogen-bond acceptors (Lipinski definition) is 4. The molecule has 0 aliphatic carbocycles.